The molecular formula is C27H35N3O4. The Balaban J connectivity index is 1.52. The van der Waals surface area contributed by atoms with Crippen molar-refractivity contribution in [2.45, 2.75) is 57.7 Å². The molecule has 7 heteroatoms. The predicted octanol–water partition coefficient (Wildman–Crippen LogP) is 4.98. The number of likely N-dealkylation sites (tertiary alicyclic amines) is 1. The van der Waals surface area contributed by atoms with Crippen molar-refractivity contribution in [3.05, 3.63) is 59.2 Å². The number of hydrogen-bond donors (Lipinski definition) is 0. The summed E-state index contributed by atoms with van der Waals surface area (Å²) in [5, 5.41) is 0. The van der Waals surface area contributed by atoms with E-state index in [1.807, 2.05) is 23.3 Å². The van der Waals surface area contributed by atoms with Crippen LogP contribution in [-0.2, 0) is 13.1 Å². The first kappa shape index (κ1) is 22.8. The number of ether oxygens (including phenoxy) is 2. The number of urea groups is 1. The SMILES string of the molecule is CC[C@@H]1C=C2N(Cc3cc(OC)cc(OC)c31)C(=O)N(CC)C21CCN(Cc2ccoc2)CC1. The van der Waals surface area contributed by atoms with E-state index in [9.17, 15) is 4.79 Å². The van der Waals surface area contributed by atoms with E-state index in [1.54, 1.807) is 20.5 Å². The number of allylic oxidation sites excluding steroid dienone is 1. The van der Waals surface area contributed by atoms with Crippen LogP contribution in [0.3, 0.4) is 0 Å². The van der Waals surface area contributed by atoms with Crippen LogP contribution in [0.4, 0.5) is 4.79 Å². The molecule has 0 unspecified atom stereocenters. The number of carbonyl (C=O) groups is 1. The highest BCUT2D eigenvalue weighted by Gasteiger charge is 2.54. The van der Waals surface area contributed by atoms with Crippen molar-refractivity contribution in [1.29, 1.82) is 0 Å². The van der Waals surface area contributed by atoms with Gasteiger partial charge in [-0.3, -0.25) is 9.80 Å². The molecule has 0 bridgehead atoms. The fourth-order valence-electron chi connectivity index (χ4n) is 6.17. The van der Waals surface area contributed by atoms with Crippen LogP contribution in [0.25, 0.3) is 0 Å². The summed E-state index contributed by atoms with van der Waals surface area (Å²) in [6, 6.07) is 6.17. The van der Waals surface area contributed by atoms with Gasteiger partial charge in [0.1, 0.15) is 11.5 Å². The Kier molecular flexibility index (Phi) is 6.06. The van der Waals surface area contributed by atoms with E-state index < -0.39 is 0 Å². The molecule has 5 rings (SSSR count). The minimum atomic E-state index is -0.258. The van der Waals surface area contributed by atoms with Crippen molar-refractivity contribution >= 4 is 6.03 Å². The van der Waals surface area contributed by atoms with E-state index in [0.29, 0.717) is 13.1 Å². The largest absolute Gasteiger partial charge is 0.497 e. The summed E-state index contributed by atoms with van der Waals surface area (Å²) >= 11 is 0. The zero-order chi connectivity index (χ0) is 23.9. The molecule has 0 saturated carbocycles. The van der Waals surface area contributed by atoms with Gasteiger partial charge in [0.2, 0.25) is 0 Å². The lowest BCUT2D eigenvalue weighted by Crippen LogP contribution is -2.53. The van der Waals surface area contributed by atoms with Crippen molar-refractivity contribution < 1.29 is 18.7 Å². The van der Waals surface area contributed by atoms with Crippen LogP contribution < -0.4 is 9.47 Å². The molecule has 2 saturated heterocycles. The topological polar surface area (TPSA) is 58.4 Å². The fourth-order valence-corrected chi connectivity index (χ4v) is 6.17. The molecule has 182 valence electrons. The standard InChI is InChI=1S/C27H35N3O4/c1-5-20-14-24-27(8-10-28(11-9-27)16-19-7-12-34-18-19)30(6-2)26(31)29(24)17-21-13-22(32-3)15-23(33-4)25(20)21/h7,12-15,18,20H,5-6,8-11,16-17H2,1-4H3/t20-/m1/s1. The summed E-state index contributed by atoms with van der Waals surface area (Å²) in [6.07, 6.45) is 8.72. The van der Waals surface area contributed by atoms with E-state index in [0.717, 1.165) is 56.0 Å². The number of piperidine rings is 1. The molecule has 2 fully saturated rings. The van der Waals surface area contributed by atoms with Crippen LogP contribution in [0.1, 0.15) is 55.7 Å². The van der Waals surface area contributed by atoms with Gasteiger partial charge in [-0.15, -0.1) is 0 Å². The smallest absolute Gasteiger partial charge is 0.325 e. The molecule has 0 N–H and O–H groups in total. The minimum Gasteiger partial charge on any atom is -0.497 e. The number of hydrogen-bond acceptors (Lipinski definition) is 5. The lowest BCUT2D eigenvalue weighted by Gasteiger charge is -2.44. The summed E-state index contributed by atoms with van der Waals surface area (Å²) in [5.41, 5.74) is 4.39. The van der Waals surface area contributed by atoms with Gasteiger partial charge in [-0.25, -0.2) is 4.79 Å². The molecule has 2 aromatic rings. The fraction of sp³-hybridized carbons (Fsp3) is 0.519. The summed E-state index contributed by atoms with van der Waals surface area (Å²) in [5.74, 6) is 1.78. The third-order valence-electron chi connectivity index (χ3n) is 7.89. The monoisotopic (exact) mass is 465 g/mol. The number of likely N-dealkylation sites (N-methyl/N-ethyl adjacent to an activating group) is 1. The van der Waals surface area contributed by atoms with E-state index in [4.69, 9.17) is 13.9 Å². The van der Waals surface area contributed by atoms with Gasteiger partial charge in [0.05, 0.1) is 38.8 Å². The first-order chi connectivity index (χ1) is 16.5. The Bertz CT molecular complexity index is 1070. The summed E-state index contributed by atoms with van der Waals surface area (Å²) in [4.78, 5) is 20.4. The zero-order valence-corrected chi connectivity index (χ0v) is 20.7. The second kappa shape index (κ2) is 9.02. The lowest BCUT2D eigenvalue weighted by molar-refractivity contribution is 0.0887. The van der Waals surface area contributed by atoms with Gasteiger partial charge in [0, 0.05) is 55.0 Å². The number of fused-ring (bicyclic) bond motifs is 3. The first-order valence-corrected chi connectivity index (χ1v) is 12.3. The third-order valence-corrected chi connectivity index (χ3v) is 7.89. The van der Waals surface area contributed by atoms with E-state index in [2.05, 4.69) is 35.8 Å². The molecule has 1 aromatic heterocycles. The molecule has 0 aliphatic carbocycles. The van der Waals surface area contributed by atoms with Gasteiger partial charge >= 0.3 is 6.03 Å². The minimum absolute atomic E-state index is 0.113. The predicted molar refractivity (Wildman–Crippen MR) is 130 cm³/mol. The molecule has 0 radical (unpaired) electrons. The van der Waals surface area contributed by atoms with Gasteiger partial charge in [0.15, 0.2) is 0 Å². The Labute approximate surface area is 201 Å². The van der Waals surface area contributed by atoms with E-state index in [1.165, 1.54) is 16.8 Å². The average molecular weight is 466 g/mol. The van der Waals surface area contributed by atoms with E-state index >= 15 is 0 Å². The molecule has 3 aliphatic heterocycles. The molecule has 34 heavy (non-hydrogen) atoms. The molecule has 1 aromatic carbocycles. The second-order valence-electron chi connectivity index (χ2n) is 9.52. The van der Waals surface area contributed by atoms with Crippen LogP contribution >= 0.6 is 0 Å². The Hall–Kier alpha value is -2.93. The molecule has 4 heterocycles. The molecule has 2 amide bonds. The molecule has 3 aliphatic rings. The van der Waals surface area contributed by atoms with Crippen molar-refractivity contribution in [2.24, 2.45) is 0 Å². The zero-order valence-electron chi connectivity index (χ0n) is 20.7. The highest BCUT2D eigenvalue weighted by atomic mass is 16.5. The highest BCUT2D eigenvalue weighted by Crippen LogP contribution is 2.49. The quantitative estimate of drug-likeness (QED) is 0.602. The molecule has 1 spiro atoms. The highest BCUT2D eigenvalue weighted by molar-refractivity contribution is 5.83. The molecule has 1 atom stereocenters. The summed E-state index contributed by atoms with van der Waals surface area (Å²) in [7, 11) is 3.38. The van der Waals surface area contributed by atoms with Gasteiger partial charge in [0.25, 0.3) is 0 Å². The Morgan fingerprint density at radius 1 is 1.15 bits per heavy atom. The Morgan fingerprint density at radius 3 is 2.56 bits per heavy atom. The normalized spacial score (nSPS) is 21.8. The number of furan rings is 1. The van der Waals surface area contributed by atoms with Crippen molar-refractivity contribution in [3.8, 4) is 11.5 Å². The van der Waals surface area contributed by atoms with Crippen LogP contribution in [0.15, 0.2) is 46.9 Å². The van der Waals surface area contributed by atoms with Gasteiger partial charge in [-0.2, -0.15) is 0 Å². The van der Waals surface area contributed by atoms with Crippen molar-refractivity contribution in [1.82, 2.24) is 14.7 Å². The number of nitrogens with zero attached hydrogens (tertiary/aromatic N) is 3. The maximum atomic E-state index is 13.8. The number of methoxy groups -OCH3 is 2. The van der Waals surface area contributed by atoms with E-state index in [-0.39, 0.29) is 17.5 Å². The number of benzene rings is 1. The molecule has 7 nitrogen and oxygen atoms in total. The average Bonchev–Trinajstić information content (AvgIpc) is 3.38. The Morgan fingerprint density at radius 2 is 1.94 bits per heavy atom. The maximum Gasteiger partial charge on any atom is 0.325 e. The second-order valence-corrected chi connectivity index (χ2v) is 9.52. The van der Waals surface area contributed by atoms with Crippen molar-refractivity contribution in [3.63, 3.8) is 0 Å². The summed E-state index contributed by atoms with van der Waals surface area (Å²) < 4.78 is 16.6. The maximum absolute atomic E-state index is 13.8. The summed E-state index contributed by atoms with van der Waals surface area (Å²) in [6.45, 7) is 8.33. The van der Waals surface area contributed by atoms with Crippen LogP contribution in [0.2, 0.25) is 0 Å². The van der Waals surface area contributed by atoms with Crippen LogP contribution in [0.5, 0.6) is 11.5 Å². The lowest BCUT2D eigenvalue weighted by atomic mass is 9.81. The van der Waals surface area contributed by atoms with Gasteiger partial charge in [-0.1, -0.05) is 13.0 Å². The number of amides is 2. The van der Waals surface area contributed by atoms with Crippen molar-refractivity contribution in [2.75, 3.05) is 33.9 Å². The third kappa shape index (κ3) is 3.57. The van der Waals surface area contributed by atoms with Crippen LogP contribution in [0, 0.1) is 0 Å². The van der Waals surface area contributed by atoms with Gasteiger partial charge < -0.3 is 18.8 Å². The van der Waals surface area contributed by atoms with Crippen LogP contribution in [-0.4, -0.2) is 60.1 Å². The van der Waals surface area contributed by atoms with Gasteiger partial charge in [-0.05, 0) is 43.9 Å². The number of carbonyl (C=O) groups excluding carboxylic acids is 1. The molecular weight excluding hydrogens is 430 g/mol. The number of rotatable bonds is 6. The first-order valence-electron chi connectivity index (χ1n) is 12.3.